The van der Waals surface area contributed by atoms with E-state index in [4.69, 9.17) is 21.4 Å². The molecule has 1 aromatic heterocycles. The fraction of sp³-hybridized carbons (Fsp3) is 0.118. The molecule has 21 heavy (non-hydrogen) atoms. The van der Waals surface area contributed by atoms with Crippen molar-refractivity contribution in [3.63, 3.8) is 0 Å². The lowest BCUT2D eigenvalue weighted by molar-refractivity contribution is 0.281. The zero-order valence-electron chi connectivity index (χ0n) is 11.3. The fourth-order valence-corrected chi connectivity index (χ4v) is 2.46. The summed E-state index contributed by atoms with van der Waals surface area (Å²) in [5, 5.41) is 10.7. The van der Waals surface area contributed by atoms with Crippen molar-refractivity contribution in [2.45, 2.75) is 13.2 Å². The van der Waals surface area contributed by atoms with Crippen LogP contribution in [-0.2, 0) is 13.2 Å². The number of hydrogen-bond acceptors (Lipinski definition) is 3. The van der Waals surface area contributed by atoms with Crippen LogP contribution >= 0.6 is 11.6 Å². The predicted molar refractivity (Wildman–Crippen MR) is 83.4 cm³/mol. The number of aliphatic hydroxyl groups is 1. The average Bonchev–Trinajstić information content (AvgIpc) is 2.53. The third-order valence-electron chi connectivity index (χ3n) is 3.28. The molecule has 0 atom stereocenters. The Morgan fingerprint density at radius 2 is 1.95 bits per heavy atom. The zero-order chi connectivity index (χ0) is 14.7. The molecule has 4 heteroatoms. The van der Waals surface area contributed by atoms with Crippen molar-refractivity contribution in [3.05, 3.63) is 70.9 Å². The van der Waals surface area contributed by atoms with Crippen molar-refractivity contribution in [2.24, 2.45) is 0 Å². The van der Waals surface area contributed by atoms with E-state index in [1.165, 1.54) is 0 Å². The summed E-state index contributed by atoms with van der Waals surface area (Å²) in [6, 6.07) is 15.2. The van der Waals surface area contributed by atoms with E-state index in [9.17, 15) is 0 Å². The van der Waals surface area contributed by atoms with Crippen molar-refractivity contribution in [2.75, 3.05) is 0 Å². The molecule has 0 saturated heterocycles. The molecule has 0 aliphatic heterocycles. The topological polar surface area (TPSA) is 42.4 Å². The van der Waals surface area contributed by atoms with Gasteiger partial charge < -0.3 is 9.84 Å². The summed E-state index contributed by atoms with van der Waals surface area (Å²) in [5.74, 6) is 0.599. The van der Waals surface area contributed by atoms with Gasteiger partial charge in [-0.2, -0.15) is 0 Å². The number of fused-ring (bicyclic) bond motifs is 1. The van der Waals surface area contributed by atoms with Gasteiger partial charge in [-0.15, -0.1) is 0 Å². The fourth-order valence-electron chi connectivity index (χ4n) is 2.20. The number of aliphatic hydroxyl groups excluding tert-OH is 1. The predicted octanol–water partition coefficient (Wildman–Crippen LogP) is 3.96. The molecule has 0 amide bonds. The van der Waals surface area contributed by atoms with Crippen molar-refractivity contribution >= 4 is 22.5 Å². The molecule has 0 aliphatic rings. The molecule has 2 aromatic carbocycles. The highest BCUT2D eigenvalue weighted by Crippen LogP contribution is 2.27. The molecule has 1 N–H and O–H groups in total. The summed E-state index contributed by atoms with van der Waals surface area (Å²) in [6.45, 7) is 0.361. The first-order valence-electron chi connectivity index (χ1n) is 6.62. The maximum Gasteiger partial charge on any atom is 0.138 e. The van der Waals surface area contributed by atoms with Gasteiger partial charge in [-0.3, -0.25) is 4.98 Å². The number of halogens is 1. The molecule has 106 valence electrons. The van der Waals surface area contributed by atoms with Gasteiger partial charge in [0.1, 0.15) is 12.4 Å². The van der Waals surface area contributed by atoms with Gasteiger partial charge in [0.2, 0.25) is 0 Å². The third-order valence-corrected chi connectivity index (χ3v) is 3.57. The summed E-state index contributed by atoms with van der Waals surface area (Å²) in [4.78, 5) is 4.40. The van der Waals surface area contributed by atoms with Crippen LogP contribution in [0.1, 0.15) is 11.1 Å². The minimum Gasteiger partial charge on any atom is -0.487 e. The van der Waals surface area contributed by atoms with E-state index in [-0.39, 0.29) is 6.61 Å². The van der Waals surface area contributed by atoms with Crippen LogP contribution in [0.4, 0.5) is 0 Å². The molecule has 3 nitrogen and oxygen atoms in total. The molecule has 0 saturated carbocycles. The quantitative estimate of drug-likeness (QED) is 0.793. The normalized spacial score (nSPS) is 10.8. The Bertz CT molecular complexity index is 768. The minimum absolute atomic E-state index is 0.0345. The Labute approximate surface area is 127 Å². The number of benzene rings is 2. The molecular weight excluding hydrogens is 286 g/mol. The summed E-state index contributed by atoms with van der Waals surface area (Å²) in [6.07, 6.45) is 1.77. The Hall–Kier alpha value is -2.10. The first-order chi connectivity index (χ1) is 10.3. The second-order valence-corrected chi connectivity index (χ2v) is 5.11. The van der Waals surface area contributed by atoms with Crippen molar-refractivity contribution < 1.29 is 9.84 Å². The van der Waals surface area contributed by atoms with Crippen LogP contribution in [0.15, 0.2) is 54.7 Å². The van der Waals surface area contributed by atoms with Gasteiger partial charge >= 0.3 is 0 Å². The minimum atomic E-state index is -0.0345. The zero-order valence-corrected chi connectivity index (χ0v) is 12.0. The number of rotatable bonds is 4. The van der Waals surface area contributed by atoms with Gasteiger partial charge in [0.15, 0.2) is 0 Å². The van der Waals surface area contributed by atoms with Crippen molar-refractivity contribution in [1.29, 1.82) is 0 Å². The van der Waals surface area contributed by atoms with Crippen LogP contribution in [0.25, 0.3) is 10.9 Å². The van der Waals surface area contributed by atoms with Gasteiger partial charge in [0.25, 0.3) is 0 Å². The molecule has 0 radical (unpaired) electrons. The standard InChI is InChI=1S/C17H14ClNO2/c18-15-9-12(10-20)6-7-16(15)21-11-14-4-1-3-13-5-2-8-19-17(13)14/h1-9,20H,10-11H2. The van der Waals surface area contributed by atoms with Gasteiger partial charge in [-0.1, -0.05) is 41.9 Å². The number of para-hydroxylation sites is 1. The van der Waals surface area contributed by atoms with Crippen molar-refractivity contribution in [1.82, 2.24) is 4.98 Å². The molecule has 3 rings (SSSR count). The van der Waals surface area contributed by atoms with E-state index < -0.39 is 0 Å². The smallest absolute Gasteiger partial charge is 0.138 e. The lowest BCUT2D eigenvalue weighted by atomic mass is 10.1. The van der Waals surface area contributed by atoms with Gasteiger partial charge in [0.05, 0.1) is 17.1 Å². The van der Waals surface area contributed by atoms with Crippen LogP contribution in [0.5, 0.6) is 5.75 Å². The lowest BCUT2D eigenvalue weighted by Gasteiger charge is -2.10. The number of hydrogen-bond donors (Lipinski definition) is 1. The summed E-state index contributed by atoms with van der Waals surface area (Å²) >= 11 is 6.14. The molecular formula is C17H14ClNO2. The number of pyridine rings is 1. The van der Waals surface area contributed by atoms with E-state index in [0.29, 0.717) is 17.4 Å². The highest BCUT2D eigenvalue weighted by Gasteiger charge is 2.06. The molecule has 1 heterocycles. The number of aromatic nitrogens is 1. The Kier molecular flexibility index (Phi) is 4.04. The molecule has 0 spiro atoms. The second-order valence-electron chi connectivity index (χ2n) is 4.70. The molecule has 3 aromatic rings. The molecule has 0 unspecified atom stereocenters. The Morgan fingerprint density at radius 1 is 1.10 bits per heavy atom. The summed E-state index contributed by atoms with van der Waals surface area (Å²) in [5.41, 5.74) is 2.71. The van der Waals surface area contributed by atoms with Gasteiger partial charge in [0, 0.05) is 17.1 Å². The van der Waals surface area contributed by atoms with Gasteiger partial charge in [-0.25, -0.2) is 0 Å². The van der Waals surface area contributed by atoms with Crippen LogP contribution in [0, 0.1) is 0 Å². The molecule has 0 bridgehead atoms. The highest BCUT2D eigenvalue weighted by atomic mass is 35.5. The Morgan fingerprint density at radius 3 is 2.76 bits per heavy atom. The number of nitrogens with zero attached hydrogens (tertiary/aromatic N) is 1. The highest BCUT2D eigenvalue weighted by molar-refractivity contribution is 6.32. The maximum absolute atomic E-state index is 9.07. The van der Waals surface area contributed by atoms with Crippen LogP contribution < -0.4 is 4.74 Å². The second kappa shape index (κ2) is 6.12. The first-order valence-corrected chi connectivity index (χ1v) is 7.00. The SMILES string of the molecule is OCc1ccc(OCc2cccc3cccnc23)c(Cl)c1. The third kappa shape index (κ3) is 2.99. The van der Waals surface area contributed by atoms with Crippen LogP contribution in [0.3, 0.4) is 0 Å². The maximum atomic E-state index is 9.07. The van der Waals surface area contributed by atoms with Crippen LogP contribution in [0.2, 0.25) is 5.02 Å². The molecule has 0 fully saturated rings. The van der Waals surface area contributed by atoms with Crippen molar-refractivity contribution in [3.8, 4) is 5.75 Å². The molecule has 0 aliphatic carbocycles. The first kappa shape index (κ1) is 13.9. The summed E-state index contributed by atoms with van der Waals surface area (Å²) in [7, 11) is 0. The van der Waals surface area contributed by atoms with E-state index in [2.05, 4.69) is 4.98 Å². The monoisotopic (exact) mass is 299 g/mol. The van der Waals surface area contributed by atoms with Crippen LogP contribution in [-0.4, -0.2) is 10.1 Å². The largest absolute Gasteiger partial charge is 0.487 e. The number of ether oxygens (including phenoxy) is 1. The summed E-state index contributed by atoms with van der Waals surface area (Å²) < 4.78 is 5.78. The lowest BCUT2D eigenvalue weighted by Crippen LogP contribution is -1.98. The van der Waals surface area contributed by atoms with E-state index in [1.807, 2.05) is 30.3 Å². The van der Waals surface area contributed by atoms with Gasteiger partial charge in [-0.05, 0) is 23.8 Å². The van der Waals surface area contributed by atoms with E-state index >= 15 is 0 Å². The average molecular weight is 300 g/mol. The van der Waals surface area contributed by atoms with E-state index in [0.717, 1.165) is 22.0 Å². The van der Waals surface area contributed by atoms with E-state index in [1.54, 1.807) is 24.4 Å². The Balaban J connectivity index is 1.84.